The molecular formula is C12H9F2NO3. The maximum absolute atomic E-state index is 13.5. The molecule has 0 spiro atoms. The number of hydrogen-bond acceptors (Lipinski definition) is 3. The van der Waals surface area contributed by atoms with Gasteiger partial charge in [0.25, 0.3) is 0 Å². The summed E-state index contributed by atoms with van der Waals surface area (Å²) in [4.78, 5) is 24.8. The lowest BCUT2D eigenvalue weighted by molar-refractivity contribution is -0.139. The van der Waals surface area contributed by atoms with Crippen LogP contribution in [0.5, 0.6) is 0 Å². The molecule has 0 amide bonds. The normalized spacial score (nSPS) is 10.6. The minimum Gasteiger partial charge on any atom is -0.469 e. The Kier molecular flexibility index (Phi) is 3.10. The van der Waals surface area contributed by atoms with E-state index in [0.717, 1.165) is 12.1 Å². The Morgan fingerprint density at radius 3 is 2.72 bits per heavy atom. The molecule has 6 heteroatoms. The maximum atomic E-state index is 13.5. The Balaban J connectivity index is 2.71. The largest absolute Gasteiger partial charge is 0.469 e. The number of hydrogen-bond donors (Lipinski definition) is 1. The first-order valence-electron chi connectivity index (χ1n) is 5.09. The average Bonchev–Trinajstić information content (AvgIpc) is 2.30. The number of aromatic nitrogens is 1. The quantitative estimate of drug-likeness (QED) is 0.825. The Hall–Kier alpha value is -2.24. The van der Waals surface area contributed by atoms with Gasteiger partial charge in [0.15, 0.2) is 0 Å². The lowest BCUT2D eigenvalue weighted by atomic mass is 10.1. The van der Waals surface area contributed by atoms with Gasteiger partial charge in [-0.05, 0) is 11.6 Å². The summed E-state index contributed by atoms with van der Waals surface area (Å²) >= 11 is 0. The van der Waals surface area contributed by atoms with E-state index in [1.165, 1.54) is 7.11 Å². The molecular weight excluding hydrogens is 244 g/mol. The number of carbonyl (C=O) groups excluding carboxylic acids is 1. The third-order valence-corrected chi connectivity index (χ3v) is 2.52. The Bertz CT molecular complexity index is 679. The third-order valence-electron chi connectivity index (χ3n) is 2.52. The number of halogens is 2. The third kappa shape index (κ3) is 2.22. The van der Waals surface area contributed by atoms with Gasteiger partial charge in [-0.1, -0.05) is 0 Å². The number of nitrogens with one attached hydrogen (secondary N) is 1. The SMILES string of the molecule is COC(=O)Cc1cc(=O)[nH]c2c(F)cc(F)cc12. The molecule has 4 nitrogen and oxygen atoms in total. The zero-order valence-corrected chi connectivity index (χ0v) is 9.42. The summed E-state index contributed by atoms with van der Waals surface area (Å²) in [5, 5.41) is 0.150. The van der Waals surface area contributed by atoms with Crippen molar-refractivity contribution in [2.24, 2.45) is 0 Å². The molecule has 0 saturated carbocycles. The number of ether oxygens (including phenoxy) is 1. The molecule has 94 valence electrons. The molecule has 2 rings (SSSR count). The van der Waals surface area contributed by atoms with Gasteiger partial charge < -0.3 is 9.72 Å². The number of methoxy groups -OCH3 is 1. The molecule has 0 saturated heterocycles. The number of carbonyl (C=O) groups is 1. The molecule has 0 bridgehead atoms. The number of fused-ring (bicyclic) bond motifs is 1. The highest BCUT2D eigenvalue weighted by Crippen LogP contribution is 2.20. The van der Waals surface area contributed by atoms with E-state index in [4.69, 9.17) is 0 Å². The van der Waals surface area contributed by atoms with Crippen LogP contribution in [0.1, 0.15) is 5.56 Å². The van der Waals surface area contributed by atoms with Crippen LogP contribution in [0.4, 0.5) is 8.78 Å². The molecule has 0 aliphatic heterocycles. The van der Waals surface area contributed by atoms with E-state index in [-0.39, 0.29) is 22.9 Å². The number of H-pyrrole nitrogens is 1. The Labute approximate surface area is 100 Å². The van der Waals surface area contributed by atoms with Crippen LogP contribution in [0, 0.1) is 11.6 Å². The first-order valence-corrected chi connectivity index (χ1v) is 5.09. The summed E-state index contributed by atoms with van der Waals surface area (Å²) in [6.07, 6.45) is -0.222. The smallest absolute Gasteiger partial charge is 0.310 e. The van der Waals surface area contributed by atoms with E-state index in [0.29, 0.717) is 6.07 Å². The fourth-order valence-corrected chi connectivity index (χ4v) is 1.72. The van der Waals surface area contributed by atoms with Gasteiger partial charge in [0.2, 0.25) is 5.56 Å². The summed E-state index contributed by atoms with van der Waals surface area (Å²) in [7, 11) is 1.19. The van der Waals surface area contributed by atoms with Crippen molar-refractivity contribution < 1.29 is 18.3 Å². The molecule has 1 N–H and O–H groups in total. The van der Waals surface area contributed by atoms with Gasteiger partial charge in [-0.2, -0.15) is 0 Å². The standard InChI is InChI=1S/C12H9F2NO3/c1-18-11(17)3-6-2-10(16)15-12-8(6)4-7(13)5-9(12)14/h2,4-5H,3H2,1H3,(H,15,16). The molecule has 0 radical (unpaired) electrons. The molecule has 0 fully saturated rings. The summed E-state index contributed by atoms with van der Waals surface area (Å²) in [5.41, 5.74) is -0.464. The van der Waals surface area contributed by atoms with E-state index in [2.05, 4.69) is 9.72 Å². The molecule has 18 heavy (non-hydrogen) atoms. The number of aromatic amines is 1. The van der Waals surface area contributed by atoms with E-state index >= 15 is 0 Å². The van der Waals surface area contributed by atoms with Gasteiger partial charge in [-0.15, -0.1) is 0 Å². The molecule has 2 aromatic rings. The van der Waals surface area contributed by atoms with E-state index in [1.807, 2.05) is 0 Å². The first-order chi connectivity index (χ1) is 8.51. The molecule has 0 aliphatic rings. The van der Waals surface area contributed by atoms with Crippen LogP contribution in [-0.2, 0) is 16.0 Å². The van der Waals surface area contributed by atoms with Crippen molar-refractivity contribution >= 4 is 16.9 Å². The number of esters is 1. The lowest BCUT2D eigenvalue weighted by Gasteiger charge is -2.06. The van der Waals surface area contributed by atoms with Crippen LogP contribution >= 0.6 is 0 Å². The molecule has 0 atom stereocenters. The fraction of sp³-hybridized carbons (Fsp3) is 0.167. The molecule has 1 heterocycles. The number of benzene rings is 1. The van der Waals surface area contributed by atoms with Crippen LogP contribution in [0.25, 0.3) is 10.9 Å². The van der Waals surface area contributed by atoms with E-state index < -0.39 is 23.2 Å². The van der Waals surface area contributed by atoms with E-state index in [9.17, 15) is 18.4 Å². The first kappa shape index (κ1) is 12.2. The van der Waals surface area contributed by atoms with Crippen molar-refractivity contribution in [2.75, 3.05) is 7.11 Å². The van der Waals surface area contributed by atoms with Gasteiger partial charge in [-0.3, -0.25) is 9.59 Å². The van der Waals surface area contributed by atoms with Crippen LogP contribution in [0.3, 0.4) is 0 Å². The zero-order valence-electron chi connectivity index (χ0n) is 9.42. The van der Waals surface area contributed by atoms with Crippen LogP contribution in [0.15, 0.2) is 23.0 Å². The summed E-state index contributed by atoms with van der Waals surface area (Å²) in [6.45, 7) is 0. The second-order valence-corrected chi connectivity index (χ2v) is 3.72. The molecule has 0 unspecified atom stereocenters. The highest BCUT2D eigenvalue weighted by Gasteiger charge is 2.12. The molecule has 1 aromatic heterocycles. The van der Waals surface area contributed by atoms with Crippen molar-refractivity contribution in [3.05, 3.63) is 45.8 Å². The summed E-state index contributed by atoms with van der Waals surface area (Å²) in [5.74, 6) is -2.25. The highest BCUT2D eigenvalue weighted by atomic mass is 19.1. The number of rotatable bonds is 2. The van der Waals surface area contributed by atoms with Gasteiger partial charge >= 0.3 is 5.97 Å². The summed E-state index contributed by atoms with van der Waals surface area (Å²) < 4.78 is 31.1. The second kappa shape index (κ2) is 4.56. The van der Waals surface area contributed by atoms with Crippen molar-refractivity contribution in [2.45, 2.75) is 6.42 Å². The average molecular weight is 253 g/mol. The van der Waals surface area contributed by atoms with Crippen molar-refractivity contribution in [1.82, 2.24) is 4.98 Å². The molecule has 1 aromatic carbocycles. The lowest BCUT2D eigenvalue weighted by Crippen LogP contribution is -2.12. The number of pyridine rings is 1. The highest BCUT2D eigenvalue weighted by molar-refractivity contribution is 5.86. The Morgan fingerprint density at radius 2 is 2.06 bits per heavy atom. The monoisotopic (exact) mass is 253 g/mol. The van der Waals surface area contributed by atoms with Crippen molar-refractivity contribution in [3.63, 3.8) is 0 Å². The fourth-order valence-electron chi connectivity index (χ4n) is 1.72. The van der Waals surface area contributed by atoms with Gasteiger partial charge in [0.05, 0.1) is 19.0 Å². The zero-order chi connectivity index (χ0) is 13.3. The van der Waals surface area contributed by atoms with Crippen molar-refractivity contribution in [3.8, 4) is 0 Å². The minimum atomic E-state index is -0.881. The Morgan fingerprint density at radius 1 is 1.33 bits per heavy atom. The topological polar surface area (TPSA) is 59.2 Å². The minimum absolute atomic E-state index is 0.122. The van der Waals surface area contributed by atoms with E-state index in [1.54, 1.807) is 0 Å². The predicted octanol–water partition coefficient (Wildman–Crippen LogP) is 1.52. The van der Waals surface area contributed by atoms with Crippen LogP contribution in [0.2, 0.25) is 0 Å². The summed E-state index contributed by atoms with van der Waals surface area (Å²) in [6, 6.07) is 2.85. The van der Waals surface area contributed by atoms with Gasteiger partial charge in [0.1, 0.15) is 11.6 Å². The van der Waals surface area contributed by atoms with Gasteiger partial charge in [0, 0.05) is 17.5 Å². The van der Waals surface area contributed by atoms with Crippen LogP contribution < -0.4 is 5.56 Å². The van der Waals surface area contributed by atoms with Crippen LogP contribution in [-0.4, -0.2) is 18.1 Å². The second-order valence-electron chi connectivity index (χ2n) is 3.72. The van der Waals surface area contributed by atoms with Gasteiger partial charge in [-0.25, -0.2) is 8.78 Å². The maximum Gasteiger partial charge on any atom is 0.310 e. The molecule has 0 aliphatic carbocycles. The predicted molar refractivity (Wildman–Crippen MR) is 60.2 cm³/mol. The van der Waals surface area contributed by atoms with Crippen molar-refractivity contribution in [1.29, 1.82) is 0 Å².